The van der Waals surface area contributed by atoms with Gasteiger partial charge < -0.3 is 19.6 Å². The molecule has 1 aliphatic heterocycles. The maximum absolute atomic E-state index is 9.10. The number of carboxylic acids is 2. The van der Waals surface area contributed by atoms with Gasteiger partial charge in [-0.15, -0.1) is 0 Å². The van der Waals surface area contributed by atoms with Gasteiger partial charge in [0, 0.05) is 25.1 Å². The van der Waals surface area contributed by atoms with E-state index in [9.17, 15) is 0 Å². The van der Waals surface area contributed by atoms with Gasteiger partial charge in [-0.2, -0.15) is 4.98 Å². The van der Waals surface area contributed by atoms with Crippen LogP contribution in [0.25, 0.3) is 5.57 Å². The van der Waals surface area contributed by atoms with Crippen LogP contribution in [0.1, 0.15) is 25.6 Å². The van der Waals surface area contributed by atoms with Crippen molar-refractivity contribution in [2.75, 3.05) is 20.1 Å². The molecule has 0 radical (unpaired) electrons. The lowest BCUT2D eigenvalue weighted by Gasteiger charge is -2.25. The molecule has 0 aliphatic carbocycles. The van der Waals surface area contributed by atoms with Crippen LogP contribution in [0.3, 0.4) is 0 Å². The van der Waals surface area contributed by atoms with Crippen molar-refractivity contribution < 1.29 is 24.3 Å². The SMILES string of the molecule is CCc1noc(C2=CC(C)CN(C)C2)n1.O=C(O)C(=O)O. The minimum atomic E-state index is -1.82. The Bertz CT molecular complexity index is 526. The minimum Gasteiger partial charge on any atom is -0.473 e. The van der Waals surface area contributed by atoms with Gasteiger partial charge in [0.1, 0.15) is 0 Å². The summed E-state index contributed by atoms with van der Waals surface area (Å²) in [4.78, 5) is 24.8. The largest absolute Gasteiger partial charge is 0.473 e. The first-order valence-electron chi connectivity index (χ1n) is 6.51. The van der Waals surface area contributed by atoms with Gasteiger partial charge >= 0.3 is 11.9 Å². The highest BCUT2D eigenvalue weighted by molar-refractivity contribution is 6.27. The second kappa shape index (κ2) is 7.53. The fraction of sp³-hybridized carbons (Fsp3) is 0.538. The number of aryl methyl sites for hydroxylation is 1. The second-order valence-corrected chi connectivity index (χ2v) is 4.85. The van der Waals surface area contributed by atoms with Gasteiger partial charge in [-0.05, 0) is 13.0 Å². The molecule has 0 aromatic carbocycles. The van der Waals surface area contributed by atoms with Crippen LogP contribution in [0.15, 0.2) is 10.6 Å². The van der Waals surface area contributed by atoms with E-state index in [1.165, 1.54) is 0 Å². The zero-order valence-corrected chi connectivity index (χ0v) is 12.2. The fourth-order valence-electron chi connectivity index (χ4n) is 1.96. The summed E-state index contributed by atoms with van der Waals surface area (Å²) in [6, 6.07) is 0. The van der Waals surface area contributed by atoms with Crippen molar-refractivity contribution in [2.45, 2.75) is 20.3 Å². The molecule has 1 atom stereocenters. The Kier molecular flexibility index (Phi) is 6.04. The van der Waals surface area contributed by atoms with E-state index in [1.54, 1.807) is 0 Å². The summed E-state index contributed by atoms with van der Waals surface area (Å²) in [6.07, 6.45) is 3.05. The minimum absolute atomic E-state index is 0.552. The Morgan fingerprint density at radius 3 is 2.48 bits per heavy atom. The van der Waals surface area contributed by atoms with Gasteiger partial charge in [-0.25, -0.2) is 9.59 Å². The van der Waals surface area contributed by atoms with Crippen molar-refractivity contribution in [3.05, 3.63) is 17.8 Å². The number of carbonyl (C=O) groups is 2. The van der Waals surface area contributed by atoms with Crippen LogP contribution in [0.4, 0.5) is 0 Å². The Morgan fingerprint density at radius 1 is 1.43 bits per heavy atom. The van der Waals surface area contributed by atoms with Crippen molar-refractivity contribution in [2.24, 2.45) is 5.92 Å². The van der Waals surface area contributed by atoms with Crippen LogP contribution in [0.2, 0.25) is 0 Å². The normalized spacial score (nSPS) is 18.4. The number of hydrogen-bond acceptors (Lipinski definition) is 6. The van der Waals surface area contributed by atoms with Crippen molar-refractivity contribution in [3.8, 4) is 0 Å². The maximum atomic E-state index is 9.10. The predicted octanol–water partition coefficient (Wildman–Crippen LogP) is 0.752. The van der Waals surface area contributed by atoms with Gasteiger partial charge in [0.15, 0.2) is 5.82 Å². The molecule has 2 heterocycles. The van der Waals surface area contributed by atoms with E-state index in [1.807, 2.05) is 6.92 Å². The predicted molar refractivity (Wildman–Crippen MR) is 73.6 cm³/mol. The Labute approximate surface area is 122 Å². The van der Waals surface area contributed by atoms with E-state index in [0.29, 0.717) is 11.8 Å². The Morgan fingerprint density at radius 2 is 2.05 bits per heavy atom. The monoisotopic (exact) mass is 297 g/mol. The topological polar surface area (TPSA) is 117 Å². The summed E-state index contributed by atoms with van der Waals surface area (Å²) in [5, 5.41) is 18.7. The first-order valence-corrected chi connectivity index (χ1v) is 6.51. The van der Waals surface area contributed by atoms with E-state index in [4.69, 9.17) is 24.3 Å². The third-order valence-corrected chi connectivity index (χ3v) is 2.77. The fourth-order valence-corrected chi connectivity index (χ4v) is 1.96. The zero-order chi connectivity index (χ0) is 16.0. The van der Waals surface area contributed by atoms with Crippen LogP contribution < -0.4 is 0 Å². The van der Waals surface area contributed by atoms with Crippen LogP contribution in [-0.2, 0) is 16.0 Å². The molecule has 21 heavy (non-hydrogen) atoms. The lowest BCUT2D eigenvalue weighted by atomic mass is 10.0. The van der Waals surface area contributed by atoms with Crippen molar-refractivity contribution in [1.82, 2.24) is 15.0 Å². The number of aliphatic carboxylic acids is 2. The van der Waals surface area contributed by atoms with Gasteiger partial charge in [0.2, 0.25) is 0 Å². The van der Waals surface area contributed by atoms with Crippen LogP contribution in [0.5, 0.6) is 0 Å². The van der Waals surface area contributed by atoms with Crippen LogP contribution in [-0.4, -0.2) is 57.3 Å². The van der Waals surface area contributed by atoms with E-state index in [2.05, 4.69) is 35.1 Å². The summed E-state index contributed by atoms with van der Waals surface area (Å²) in [5.74, 6) is -1.63. The molecular weight excluding hydrogens is 278 g/mol. The zero-order valence-electron chi connectivity index (χ0n) is 12.2. The highest BCUT2D eigenvalue weighted by atomic mass is 16.5. The molecule has 0 spiro atoms. The van der Waals surface area contributed by atoms with Gasteiger partial charge in [-0.1, -0.05) is 25.1 Å². The lowest BCUT2D eigenvalue weighted by Crippen LogP contribution is -2.29. The molecule has 1 aliphatic rings. The number of carboxylic acid groups (broad SMARTS) is 2. The Balaban J connectivity index is 0.000000315. The summed E-state index contributed by atoms with van der Waals surface area (Å²) in [5.41, 5.74) is 1.16. The molecule has 1 aromatic heterocycles. The summed E-state index contributed by atoms with van der Waals surface area (Å²) in [6.45, 7) is 6.22. The van der Waals surface area contributed by atoms with Gasteiger partial charge in [0.05, 0.1) is 0 Å². The quantitative estimate of drug-likeness (QED) is 0.768. The molecule has 0 amide bonds. The average molecular weight is 297 g/mol. The number of hydrogen-bond donors (Lipinski definition) is 2. The molecule has 0 saturated heterocycles. The number of aromatic nitrogens is 2. The molecule has 116 valence electrons. The Hall–Kier alpha value is -2.22. The summed E-state index contributed by atoms with van der Waals surface area (Å²) < 4.78 is 5.24. The molecule has 8 heteroatoms. The van der Waals surface area contributed by atoms with E-state index >= 15 is 0 Å². The highest BCUT2D eigenvalue weighted by Gasteiger charge is 2.19. The maximum Gasteiger partial charge on any atom is 0.414 e. The third kappa shape index (κ3) is 5.35. The smallest absolute Gasteiger partial charge is 0.414 e. The molecule has 0 saturated carbocycles. The average Bonchev–Trinajstić information content (AvgIpc) is 2.87. The van der Waals surface area contributed by atoms with E-state index in [0.717, 1.165) is 30.9 Å². The molecule has 8 nitrogen and oxygen atoms in total. The van der Waals surface area contributed by atoms with Gasteiger partial charge in [0.25, 0.3) is 5.89 Å². The van der Waals surface area contributed by atoms with Gasteiger partial charge in [-0.3, -0.25) is 0 Å². The molecule has 0 bridgehead atoms. The van der Waals surface area contributed by atoms with Crippen molar-refractivity contribution in [3.63, 3.8) is 0 Å². The first-order chi connectivity index (χ1) is 9.83. The highest BCUT2D eigenvalue weighted by Crippen LogP contribution is 2.21. The van der Waals surface area contributed by atoms with Crippen molar-refractivity contribution >= 4 is 17.5 Å². The number of rotatable bonds is 2. The van der Waals surface area contributed by atoms with Crippen LogP contribution in [0, 0.1) is 5.92 Å². The lowest BCUT2D eigenvalue weighted by molar-refractivity contribution is -0.159. The third-order valence-electron chi connectivity index (χ3n) is 2.77. The van der Waals surface area contributed by atoms with E-state index in [-0.39, 0.29) is 0 Å². The molecule has 2 N–H and O–H groups in total. The standard InChI is InChI=1S/C11H17N3O.C2H2O4/c1-4-10-12-11(15-13-10)9-5-8(2)6-14(3)7-9;3-1(4)2(5)6/h5,8H,4,6-7H2,1-3H3;(H,3,4)(H,5,6). The number of nitrogens with zero attached hydrogens (tertiary/aromatic N) is 3. The first kappa shape index (κ1) is 16.8. The number of likely N-dealkylation sites (N-methyl/N-ethyl adjacent to an activating group) is 1. The molecule has 0 fully saturated rings. The molecule has 2 rings (SSSR count). The summed E-state index contributed by atoms with van der Waals surface area (Å²) >= 11 is 0. The second-order valence-electron chi connectivity index (χ2n) is 4.85. The van der Waals surface area contributed by atoms with E-state index < -0.39 is 11.9 Å². The van der Waals surface area contributed by atoms with Crippen molar-refractivity contribution in [1.29, 1.82) is 0 Å². The molecule has 1 aromatic rings. The van der Waals surface area contributed by atoms with Crippen LogP contribution >= 0.6 is 0 Å². The summed E-state index contributed by atoms with van der Waals surface area (Å²) in [7, 11) is 2.11. The molecule has 1 unspecified atom stereocenters. The molecular formula is C13H19N3O5.